The second-order valence-electron chi connectivity index (χ2n) is 6.70. The average molecular weight is 419 g/mol. The maximum atomic E-state index is 13.8. The van der Waals surface area contributed by atoms with Crippen molar-refractivity contribution in [3.05, 3.63) is 94.5 Å². The van der Waals surface area contributed by atoms with Crippen LogP contribution in [-0.4, -0.2) is 21.2 Å². The monoisotopic (exact) mass is 419 g/mol. The lowest BCUT2D eigenvalue weighted by Gasteiger charge is -2.13. The summed E-state index contributed by atoms with van der Waals surface area (Å²) in [4.78, 5) is 30.1. The van der Waals surface area contributed by atoms with Crippen LogP contribution >= 0.6 is 11.8 Å². The number of rotatable bonds is 5. The summed E-state index contributed by atoms with van der Waals surface area (Å²) in [6.45, 7) is 1.97. The van der Waals surface area contributed by atoms with E-state index in [0.717, 1.165) is 17.3 Å². The smallest absolute Gasteiger partial charge is 0.266 e. The fraction of sp³-hybridized carbons (Fsp3) is 0.0870. The van der Waals surface area contributed by atoms with E-state index in [2.05, 4.69) is 10.3 Å². The second-order valence-corrected chi connectivity index (χ2v) is 7.65. The summed E-state index contributed by atoms with van der Waals surface area (Å²) in [5, 5.41) is 3.44. The Hall–Kier alpha value is -3.45. The summed E-state index contributed by atoms with van der Waals surface area (Å²) >= 11 is 1.13. The number of aromatic nitrogens is 2. The van der Waals surface area contributed by atoms with Crippen molar-refractivity contribution in [3.8, 4) is 5.69 Å². The van der Waals surface area contributed by atoms with E-state index in [1.54, 1.807) is 30.3 Å². The van der Waals surface area contributed by atoms with Gasteiger partial charge in [-0.3, -0.25) is 14.2 Å². The number of carbonyl (C=O) groups is 1. The highest BCUT2D eigenvalue weighted by Gasteiger charge is 2.15. The molecule has 150 valence electrons. The summed E-state index contributed by atoms with van der Waals surface area (Å²) < 4.78 is 15.3. The number of carbonyl (C=O) groups excluding carboxylic acids is 1. The first-order chi connectivity index (χ1) is 14.5. The van der Waals surface area contributed by atoms with E-state index in [9.17, 15) is 14.0 Å². The first-order valence-corrected chi connectivity index (χ1v) is 10.3. The standard InChI is InChI=1S/C23H18FN3O2S/c1-15-10-12-16(13-11-15)27-22(29)17-6-2-4-8-19(17)26-23(27)30-14-21(28)25-20-9-5-3-7-18(20)24/h2-13H,14H2,1H3,(H,25,28). The summed E-state index contributed by atoms with van der Waals surface area (Å²) in [6, 6.07) is 20.6. The Bertz CT molecular complexity index is 1290. The van der Waals surface area contributed by atoms with Gasteiger partial charge in [0.25, 0.3) is 5.56 Å². The number of fused-ring (bicyclic) bond motifs is 1. The minimum atomic E-state index is -0.503. The minimum Gasteiger partial charge on any atom is -0.323 e. The maximum Gasteiger partial charge on any atom is 0.266 e. The predicted molar refractivity (Wildman–Crippen MR) is 118 cm³/mol. The Morgan fingerprint density at radius 2 is 1.73 bits per heavy atom. The van der Waals surface area contributed by atoms with Gasteiger partial charge in [0.2, 0.25) is 5.91 Å². The lowest BCUT2D eigenvalue weighted by molar-refractivity contribution is -0.113. The van der Waals surface area contributed by atoms with Crippen LogP contribution in [0.3, 0.4) is 0 Å². The van der Waals surface area contributed by atoms with E-state index in [0.29, 0.717) is 21.7 Å². The first-order valence-electron chi connectivity index (χ1n) is 9.29. The molecule has 0 radical (unpaired) electrons. The van der Waals surface area contributed by atoms with Gasteiger partial charge in [0, 0.05) is 0 Å². The molecule has 1 amide bonds. The first kappa shape index (κ1) is 19.8. The van der Waals surface area contributed by atoms with Crippen molar-refractivity contribution in [3.63, 3.8) is 0 Å². The number of amides is 1. The Morgan fingerprint density at radius 3 is 2.50 bits per heavy atom. The topological polar surface area (TPSA) is 64.0 Å². The molecule has 0 atom stereocenters. The fourth-order valence-corrected chi connectivity index (χ4v) is 3.82. The van der Waals surface area contributed by atoms with Gasteiger partial charge in [-0.25, -0.2) is 9.37 Å². The van der Waals surface area contributed by atoms with Crippen LogP contribution in [0.15, 0.2) is 82.7 Å². The number of halogens is 1. The van der Waals surface area contributed by atoms with Crippen LogP contribution in [-0.2, 0) is 4.79 Å². The lowest BCUT2D eigenvalue weighted by Crippen LogP contribution is -2.23. The van der Waals surface area contributed by atoms with Crippen molar-refractivity contribution in [2.75, 3.05) is 11.1 Å². The Labute approximate surface area is 176 Å². The van der Waals surface area contributed by atoms with Gasteiger partial charge >= 0.3 is 0 Å². The van der Waals surface area contributed by atoms with Gasteiger partial charge < -0.3 is 5.32 Å². The number of hydrogen-bond donors (Lipinski definition) is 1. The molecule has 4 aromatic rings. The van der Waals surface area contributed by atoms with Crippen LogP contribution in [0.5, 0.6) is 0 Å². The molecule has 0 saturated heterocycles. The third kappa shape index (κ3) is 4.11. The van der Waals surface area contributed by atoms with Crippen molar-refractivity contribution in [2.24, 2.45) is 0 Å². The summed E-state index contributed by atoms with van der Waals surface area (Å²) in [7, 11) is 0. The highest BCUT2D eigenvalue weighted by Crippen LogP contribution is 2.22. The minimum absolute atomic E-state index is 0.0228. The third-order valence-electron chi connectivity index (χ3n) is 4.52. The zero-order valence-electron chi connectivity index (χ0n) is 16.1. The van der Waals surface area contributed by atoms with Crippen molar-refractivity contribution < 1.29 is 9.18 Å². The molecule has 1 heterocycles. The molecule has 3 aromatic carbocycles. The van der Waals surface area contributed by atoms with E-state index in [1.165, 1.54) is 16.7 Å². The average Bonchev–Trinajstić information content (AvgIpc) is 2.75. The van der Waals surface area contributed by atoms with Gasteiger partial charge in [-0.1, -0.05) is 53.7 Å². The van der Waals surface area contributed by atoms with Gasteiger partial charge in [-0.15, -0.1) is 0 Å². The van der Waals surface area contributed by atoms with Crippen LogP contribution < -0.4 is 10.9 Å². The van der Waals surface area contributed by atoms with Crippen LogP contribution in [0.25, 0.3) is 16.6 Å². The van der Waals surface area contributed by atoms with E-state index in [1.807, 2.05) is 37.3 Å². The van der Waals surface area contributed by atoms with Crippen LogP contribution in [0, 0.1) is 12.7 Å². The molecule has 0 unspecified atom stereocenters. The molecule has 0 saturated carbocycles. The van der Waals surface area contributed by atoms with Crippen molar-refractivity contribution >= 4 is 34.3 Å². The van der Waals surface area contributed by atoms with Crippen molar-refractivity contribution in [2.45, 2.75) is 12.1 Å². The Morgan fingerprint density at radius 1 is 1.03 bits per heavy atom. The molecule has 0 spiro atoms. The number of anilines is 1. The molecule has 1 N–H and O–H groups in total. The molecule has 30 heavy (non-hydrogen) atoms. The third-order valence-corrected chi connectivity index (χ3v) is 5.46. The molecule has 1 aromatic heterocycles. The molecule has 0 aliphatic rings. The van der Waals surface area contributed by atoms with Crippen molar-refractivity contribution in [1.82, 2.24) is 9.55 Å². The number of nitrogens with one attached hydrogen (secondary N) is 1. The molecule has 0 aliphatic heterocycles. The van der Waals surface area contributed by atoms with Crippen LogP contribution in [0.4, 0.5) is 10.1 Å². The lowest BCUT2D eigenvalue weighted by atomic mass is 10.2. The predicted octanol–water partition coefficient (Wildman–Crippen LogP) is 4.56. The van der Waals surface area contributed by atoms with Crippen LogP contribution in [0.1, 0.15) is 5.56 Å². The van der Waals surface area contributed by atoms with Gasteiger partial charge in [0.1, 0.15) is 5.82 Å². The quantitative estimate of drug-likeness (QED) is 0.380. The molecule has 4 rings (SSSR count). The normalized spacial score (nSPS) is 10.9. The Balaban J connectivity index is 1.68. The van der Waals surface area contributed by atoms with Crippen LogP contribution in [0.2, 0.25) is 0 Å². The maximum absolute atomic E-state index is 13.8. The second kappa shape index (κ2) is 8.51. The van der Waals surface area contributed by atoms with E-state index >= 15 is 0 Å². The SMILES string of the molecule is Cc1ccc(-n2c(SCC(=O)Nc3ccccc3F)nc3ccccc3c2=O)cc1. The fourth-order valence-electron chi connectivity index (χ4n) is 3.01. The van der Waals surface area contributed by atoms with Gasteiger partial charge in [-0.2, -0.15) is 0 Å². The highest BCUT2D eigenvalue weighted by atomic mass is 32.2. The summed E-state index contributed by atoms with van der Waals surface area (Å²) in [6.07, 6.45) is 0. The number of thioether (sulfide) groups is 1. The summed E-state index contributed by atoms with van der Waals surface area (Å²) in [5.74, 6) is -0.912. The molecular formula is C23H18FN3O2S. The van der Waals surface area contributed by atoms with E-state index < -0.39 is 5.82 Å². The molecule has 7 heteroatoms. The molecule has 0 aliphatic carbocycles. The van der Waals surface area contributed by atoms with Gasteiger partial charge in [0.15, 0.2) is 5.16 Å². The highest BCUT2D eigenvalue weighted by molar-refractivity contribution is 7.99. The van der Waals surface area contributed by atoms with E-state index in [-0.39, 0.29) is 22.9 Å². The molecule has 0 bridgehead atoms. The van der Waals surface area contributed by atoms with Gasteiger partial charge in [0.05, 0.1) is 28.0 Å². The Kier molecular flexibility index (Phi) is 5.63. The molecular weight excluding hydrogens is 401 g/mol. The number of benzene rings is 3. The zero-order chi connectivity index (χ0) is 21.1. The molecule has 5 nitrogen and oxygen atoms in total. The van der Waals surface area contributed by atoms with Crippen molar-refractivity contribution in [1.29, 1.82) is 0 Å². The number of hydrogen-bond acceptors (Lipinski definition) is 4. The summed E-state index contributed by atoms with van der Waals surface area (Å²) in [5.41, 5.74) is 2.20. The number of para-hydroxylation sites is 2. The van der Waals surface area contributed by atoms with E-state index in [4.69, 9.17) is 0 Å². The molecule has 0 fully saturated rings. The largest absolute Gasteiger partial charge is 0.323 e. The van der Waals surface area contributed by atoms with Gasteiger partial charge in [-0.05, 0) is 43.3 Å². The number of nitrogens with zero attached hydrogens (tertiary/aromatic N) is 2. The number of aryl methyl sites for hydroxylation is 1. The zero-order valence-corrected chi connectivity index (χ0v) is 16.9.